The molecule has 0 aromatic heterocycles. The van der Waals surface area contributed by atoms with E-state index in [-0.39, 0.29) is 16.7 Å². The molecule has 19 heavy (non-hydrogen) atoms. The molecule has 104 valence electrons. The highest BCUT2D eigenvalue weighted by Gasteiger charge is 2.42. The molecule has 2 fully saturated rings. The lowest BCUT2D eigenvalue weighted by Crippen LogP contribution is -2.43. The predicted octanol–water partition coefficient (Wildman–Crippen LogP) is 2.27. The predicted molar refractivity (Wildman–Crippen MR) is 69.9 cm³/mol. The molecule has 2 heterocycles. The summed E-state index contributed by atoms with van der Waals surface area (Å²) in [5.41, 5.74) is -0.237. The van der Waals surface area contributed by atoms with Gasteiger partial charge in [0.05, 0.1) is 23.0 Å². The Morgan fingerprint density at radius 1 is 1.26 bits per heavy atom. The van der Waals surface area contributed by atoms with Gasteiger partial charge in [-0.25, -0.2) is 4.39 Å². The molecule has 2 aliphatic rings. The molecule has 5 heteroatoms. The average molecular weight is 284 g/mol. The van der Waals surface area contributed by atoms with Gasteiger partial charge >= 0.3 is 0 Å². The summed E-state index contributed by atoms with van der Waals surface area (Å²) in [6.07, 6.45) is 2.42. The van der Waals surface area contributed by atoms with Crippen LogP contribution in [-0.2, 0) is 20.3 Å². The average Bonchev–Trinajstić information content (AvgIpc) is 2.87. The van der Waals surface area contributed by atoms with Crippen LogP contribution in [0.5, 0.6) is 0 Å². The normalized spacial score (nSPS) is 32.6. The van der Waals surface area contributed by atoms with E-state index in [9.17, 15) is 8.60 Å². The highest BCUT2D eigenvalue weighted by molar-refractivity contribution is 7.85. The molecule has 2 saturated heterocycles. The Labute approximate surface area is 114 Å². The largest absolute Gasteiger partial charge is 0.378 e. The molecule has 0 aliphatic carbocycles. The van der Waals surface area contributed by atoms with Crippen LogP contribution in [0.15, 0.2) is 29.2 Å². The molecule has 0 bridgehead atoms. The third kappa shape index (κ3) is 2.73. The summed E-state index contributed by atoms with van der Waals surface area (Å²) in [6.45, 7) is 1.95. The summed E-state index contributed by atoms with van der Waals surface area (Å²) in [5.74, 6) is -0.298. The first-order chi connectivity index (χ1) is 9.19. The Hall–Kier alpha value is -0.780. The third-order valence-electron chi connectivity index (χ3n) is 3.86. The van der Waals surface area contributed by atoms with Crippen molar-refractivity contribution >= 4 is 10.8 Å². The van der Waals surface area contributed by atoms with Crippen molar-refractivity contribution in [1.82, 2.24) is 0 Å². The Kier molecular flexibility index (Phi) is 3.69. The van der Waals surface area contributed by atoms with Gasteiger partial charge in [-0.2, -0.15) is 0 Å². The van der Waals surface area contributed by atoms with Gasteiger partial charge in [0, 0.05) is 29.8 Å². The number of benzene rings is 1. The van der Waals surface area contributed by atoms with E-state index in [0.29, 0.717) is 18.1 Å². The molecule has 1 aromatic rings. The summed E-state index contributed by atoms with van der Waals surface area (Å²) in [5, 5.41) is 0.0703. The van der Waals surface area contributed by atoms with E-state index in [2.05, 4.69) is 0 Å². The molecule has 0 radical (unpaired) electrons. The molecule has 3 unspecified atom stereocenters. The minimum Gasteiger partial charge on any atom is -0.378 e. The fourth-order valence-corrected chi connectivity index (χ4v) is 4.34. The Morgan fingerprint density at radius 3 is 2.74 bits per heavy atom. The first-order valence-electron chi connectivity index (χ1n) is 6.56. The topological polar surface area (TPSA) is 35.5 Å². The van der Waals surface area contributed by atoms with Crippen molar-refractivity contribution in [3.8, 4) is 0 Å². The van der Waals surface area contributed by atoms with Crippen LogP contribution in [0.3, 0.4) is 0 Å². The number of hydrogen-bond donors (Lipinski definition) is 0. The van der Waals surface area contributed by atoms with Crippen LogP contribution in [0.1, 0.15) is 19.3 Å². The smallest absolute Gasteiger partial charge is 0.123 e. The van der Waals surface area contributed by atoms with Crippen molar-refractivity contribution in [1.29, 1.82) is 0 Å². The molecular weight excluding hydrogens is 267 g/mol. The van der Waals surface area contributed by atoms with Gasteiger partial charge in [-0.05, 0) is 37.1 Å². The molecule has 3 rings (SSSR count). The van der Waals surface area contributed by atoms with Gasteiger partial charge in [0.2, 0.25) is 0 Å². The minimum absolute atomic E-state index is 0.0703. The standard InChI is InChI=1S/C14H17FO3S/c15-11-1-3-12(4-2-11)19(16)13-5-7-18-14(9-13)6-8-17-10-14/h1-4,13H,5-10H2. The second-order valence-corrected chi connectivity index (χ2v) is 6.93. The number of halogens is 1. The zero-order valence-electron chi connectivity index (χ0n) is 10.6. The fraction of sp³-hybridized carbons (Fsp3) is 0.571. The summed E-state index contributed by atoms with van der Waals surface area (Å²) >= 11 is 0. The highest BCUT2D eigenvalue weighted by atomic mass is 32.2. The van der Waals surface area contributed by atoms with Crippen molar-refractivity contribution in [2.24, 2.45) is 0 Å². The molecule has 1 aromatic carbocycles. The molecule has 0 N–H and O–H groups in total. The highest BCUT2D eigenvalue weighted by Crippen LogP contribution is 2.35. The van der Waals surface area contributed by atoms with Crippen molar-refractivity contribution in [2.45, 2.75) is 35.0 Å². The van der Waals surface area contributed by atoms with Crippen molar-refractivity contribution in [3.05, 3.63) is 30.1 Å². The molecule has 2 aliphatic heterocycles. The quantitative estimate of drug-likeness (QED) is 0.836. The minimum atomic E-state index is -1.10. The van der Waals surface area contributed by atoms with Crippen LogP contribution in [0.25, 0.3) is 0 Å². The van der Waals surface area contributed by atoms with E-state index in [1.54, 1.807) is 12.1 Å². The van der Waals surface area contributed by atoms with Gasteiger partial charge in [-0.1, -0.05) is 0 Å². The summed E-state index contributed by atoms with van der Waals surface area (Å²) in [7, 11) is -1.10. The number of ether oxygens (including phenoxy) is 2. The third-order valence-corrected chi connectivity index (χ3v) is 5.61. The molecule has 0 saturated carbocycles. The monoisotopic (exact) mass is 284 g/mol. The fourth-order valence-electron chi connectivity index (χ4n) is 2.79. The Balaban J connectivity index is 1.74. The first-order valence-corrected chi connectivity index (χ1v) is 7.78. The SMILES string of the molecule is O=S(c1ccc(F)cc1)C1CCOC2(CCOC2)C1. The van der Waals surface area contributed by atoms with E-state index < -0.39 is 10.8 Å². The van der Waals surface area contributed by atoms with Crippen LogP contribution in [0, 0.1) is 5.82 Å². The molecule has 1 spiro atoms. The second-order valence-electron chi connectivity index (χ2n) is 5.20. The maximum absolute atomic E-state index is 12.9. The van der Waals surface area contributed by atoms with Gasteiger partial charge in [0.15, 0.2) is 0 Å². The molecular formula is C14H17FO3S. The van der Waals surface area contributed by atoms with Crippen molar-refractivity contribution in [3.63, 3.8) is 0 Å². The maximum Gasteiger partial charge on any atom is 0.123 e. The zero-order valence-corrected chi connectivity index (χ0v) is 11.5. The maximum atomic E-state index is 12.9. The first kappa shape index (κ1) is 13.2. The zero-order chi connectivity index (χ0) is 13.3. The van der Waals surface area contributed by atoms with Crippen molar-refractivity contribution < 1.29 is 18.1 Å². The van der Waals surface area contributed by atoms with Crippen LogP contribution >= 0.6 is 0 Å². The van der Waals surface area contributed by atoms with E-state index in [4.69, 9.17) is 9.47 Å². The van der Waals surface area contributed by atoms with Crippen LogP contribution in [0.4, 0.5) is 4.39 Å². The lowest BCUT2D eigenvalue weighted by atomic mass is 9.93. The van der Waals surface area contributed by atoms with Gasteiger partial charge in [0.1, 0.15) is 5.82 Å². The van der Waals surface area contributed by atoms with E-state index >= 15 is 0 Å². The van der Waals surface area contributed by atoms with Crippen LogP contribution in [-0.4, -0.2) is 34.9 Å². The van der Waals surface area contributed by atoms with Gasteiger partial charge in [-0.15, -0.1) is 0 Å². The molecule has 3 nitrogen and oxygen atoms in total. The lowest BCUT2D eigenvalue weighted by Gasteiger charge is -2.36. The number of rotatable bonds is 2. The van der Waals surface area contributed by atoms with Crippen LogP contribution < -0.4 is 0 Å². The summed E-state index contributed by atoms with van der Waals surface area (Å²) in [6, 6.07) is 5.94. The van der Waals surface area contributed by atoms with Gasteiger partial charge in [-0.3, -0.25) is 4.21 Å². The van der Waals surface area contributed by atoms with Crippen LogP contribution in [0.2, 0.25) is 0 Å². The van der Waals surface area contributed by atoms with Crippen molar-refractivity contribution in [2.75, 3.05) is 19.8 Å². The second kappa shape index (κ2) is 5.31. The van der Waals surface area contributed by atoms with E-state index in [1.165, 1.54) is 12.1 Å². The Morgan fingerprint density at radius 2 is 2.05 bits per heavy atom. The summed E-state index contributed by atoms with van der Waals surface area (Å²) in [4.78, 5) is 0.697. The lowest BCUT2D eigenvalue weighted by molar-refractivity contribution is -0.0774. The van der Waals surface area contributed by atoms with Gasteiger partial charge in [0.25, 0.3) is 0 Å². The van der Waals surface area contributed by atoms with E-state index in [0.717, 1.165) is 25.9 Å². The number of hydrogen-bond acceptors (Lipinski definition) is 3. The molecule has 0 amide bonds. The molecule has 3 atom stereocenters. The van der Waals surface area contributed by atoms with Gasteiger partial charge < -0.3 is 9.47 Å². The Bertz CT molecular complexity index is 468. The van der Waals surface area contributed by atoms with E-state index in [1.807, 2.05) is 0 Å². The summed E-state index contributed by atoms with van der Waals surface area (Å²) < 4.78 is 36.7.